The molecule has 0 spiro atoms. The van der Waals surface area contributed by atoms with Gasteiger partial charge in [-0.15, -0.1) is 0 Å². The Morgan fingerprint density at radius 1 is 1.31 bits per heavy atom. The topological polar surface area (TPSA) is 66.5 Å². The minimum Gasteiger partial charge on any atom is -0.350 e. The van der Waals surface area contributed by atoms with E-state index < -0.39 is 10.0 Å². The van der Waals surface area contributed by atoms with Crippen LogP contribution in [0.2, 0.25) is 0 Å². The predicted molar refractivity (Wildman–Crippen MR) is 62.5 cm³/mol. The fourth-order valence-corrected chi connectivity index (χ4v) is 3.18. The Morgan fingerprint density at radius 2 is 1.94 bits per heavy atom. The molecule has 1 amide bonds. The number of hydrogen-bond acceptors (Lipinski definition) is 3. The molecule has 1 aliphatic rings. The number of nitrogens with zero attached hydrogens (tertiary/aromatic N) is 1. The summed E-state index contributed by atoms with van der Waals surface area (Å²) in [5, 5.41) is 2.76. The first-order valence-corrected chi connectivity index (χ1v) is 7.10. The van der Waals surface area contributed by atoms with Crippen molar-refractivity contribution in [2.24, 2.45) is 0 Å². The Balaban J connectivity index is 2.57. The van der Waals surface area contributed by atoms with Crippen molar-refractivity contribution in [3.05, 3.63) is 0 Å². The summed E-state index contributed by atoms with van der Waals surface area (Å²) in [6.45, 7) is 6.01. The van der Waals surface area contributed by atoms with Crippen LogP contribution in [0.1, 0.15) is 33.6 Å². The number of sulfonamides is 1. The molecule has 0 aromatic carbocycles. The Hall–Kier alpha value is -0.620. The van der Waals surface area contributed by atoms with E-state index in [-0.39, 0.29) is 23.7 Å². The molecule has 0 aromatic rings. The van der Waals surface area contributed by atoms with Gasteiger partial charge in [0.15, 0.2) is 0 Å². The van der Waals surface area contributed by atoms with Gasteiger partial charge in [0.25, 0.3) is 0 Å². The number of rotatable bonds is 2. The summed E-state index contributed by atoms with van der Waals surface area (Å²) in [6, 6.07) is 0. The third kappa shape index (κ3) is 4.09. The monoisotopic (exact) mass is 248 g/mol. The van der Waals surface area contributed by atoms with Crippen molar-refractivity contribution in [3.8, 4) is 0 Å². The third-order valence-electron chi connectivity index (χ3n) is 2.29. The zero-order valence-electron chi connectivity index (χ0n) is 10.1. The first kappa shape index (κ1) is 13.4. The van der Waals surface area contributed by atoms with Crippen LogP contribution in [-0.4, -0.2) is 43.0 Å². The molecule has 0 saturated carbocycles. The van der Waals surface area contributed by atoms with Crippen molar-refractivity contribution >= 4 is 15.9 Å². The summed E-state index contributed by atoms with van der Waals surface area (Å²) < 4.78 is 24.5. The van der Waals surface area contributed by atoms with Crippen LogP contribution in [0.5, 0.6) is 0 Å². The molecule has 6 heteroatoms. The highest BCUT2D eigenvalue weighted by Crippen LogP contribution is 2.13. The van der Waals surface area contributed by atoms with Crippen LogP contribution in [0.3, 0.4) is 0 Å². The molecule has 16 heavy (non-hydrogen) atoms. The van der Waals surface area contributed by atoms with Crippen molar-refractivity contribution in [3.63, 3.8) is 0 Å². The summed E-state index contributed by atoms with van der Waals surface area (Å²) in [5.74, 6) is -0.0755. The predicted octanol–water partition coefficient (Wildman–Crippen LogP) is 0.327. The van der Waals surface area contributed by atoms with Crippen molar-refractivity contribution < 1.29 is 13.2 Å². The molecular formula is C10H20N2O3S. The zero-order chi connectivity index (χ0) is 12.4. The van der Waals surface area contributed by atoms with Gasteiger partial charge in [0, 0.05) is 12.1 Å². The number of hydrogen-bond donors (Lipinski definition) is 1. The van der Waals surface area contributed by atoms with Crippen LogP contribution in [0.15, 0.2) is 0 Å². The molecule has 1 N–H and O–H groups in total. The van der Waals surface area contributed by atoms with E-state index in [0.717, 1.165) is 6.42 Å². The van der Waals surface area contributed by atoms with Crippen LogP contribution >= 0.6 is 0 Å². The highest BCUT2D eigenvalue weighted by atomic mass is 32.2. The minimum absolute atomic E-state index is 0.0559. The van der Waals surface area contributed by atoms with E-state index in [1.807, 2.05) is 20.8 Å². The van der Waals surface area contributed by atoms with Crippen molar-refractivity contribution in [2.45, 2.75) is 39.2 Å². The van der Waals surface area contributed by atoms with Gasteiger partial charge >= 0.3 is 0 Å². The molecule has 94 valence electrons. The van der Waals surface area contributed by atoms with Gasteiger partial charge in [-0.3, -0.25) is 4.79 Å². The molecule has 5 nitrogen and oxygen atoms in total. The first-order chi connectivity index (χ1) is 7.21. The van der Waals surface area contributed by atoms with Gasteiger partial charge < -0.3 is 5.32 Å². The van der Waals surface area contributed by atoms with Gasteiger partial charge in [-0.05, 0) is 33.6 Å². The Labute approximate surface area is 97.2 Å². The SMILES string of the molecule is CC(C)(C)NC(=O)CN1CCCCS1(=O)=O. The number of carbonyl (C=O) groups excluding carboxylic acids is 1. The van der Waals surface area contributed by atoms with E-state index in [2.05, 4.69) is 5.32 Å². The van der Waals surface area contributed by atoms with Crippen LogP contribution in [0.25, 0.3) is 0 Å². The lowest BCUT2D eigenvalue weighted by atomic mass is 10.1. The summed E-state index contributed by atoms with van der Waals surface area (Å²) in [7, 11) is -3.20. The highest BCUT2D eigenvalue weighted by Gasteiger charge is 2.28. The van der Waals surface area contributed by atoms with E-state index in [0.29, 0.717) is 13.0 Å². The first-order valence-electron chi connectivity index (χ1n) is 5.49. The molecule has 1 fully saturated rings. The molecule has 0 aliphatic carbocycles. The fourth-order valence-electron chi connectivity index (χ4n) is 1.64. The van der Waals surface area contributed by atoms with Crippen LogP contribution in [0, 0.1) is 0 Å². The largest absolute Gasteiger partial charge is 0.350 e. The normalized spacial score (nSPS) is 21.7. The van der Waals surface area contributed by atoms with Gasteiger partial charge in [0.2, 0.25) is 15.9 Å². The molecule has 0 bridgehead atoms. The standard InChI is InChI=1S/C10H20N2O3S/c1-10(2,3)11-9(13)8-12-6-4-5-7-16(12,14)15/h4-8H2,1-3H3,(H,11,13). The second-order valence-electron chi connectivity index (χ2n) is 5.15. The van der Waals surface area contributed by atoms with Crippen LogP contribution in [0.4, 0.5) is 0 Å². The fraction of sp³-hybridized carbons (Fsp3) is 0.900. The highest BCUT2D eigenvalue weighted by molar-refractivity contribution is 7.89. The number of nitrogens with one attached hydrogen (secondary N) is 1. The second-order valence-corrected chi connectivity index (χ2v) is 7.24. The lowest BCUT2D eigenvalue weighted by molar-refractivity contribution is -0.122. The van der Waals surface area contributed by atoms with Crippen LogP contribution < -0.4 is 5.32 Å². The smallest absolute Gasteiger partial charge is 0.235 e. The van der Waals surface area contributed by atoms with Gasteiger partial charge in [-0.25, -0.2) is 8.42 Å². The molecule has 1 saturated heterocycles. The molecule has 1 heterocycles. The molecular weight excluding hydrogens is 228 g/mol. The van der Waals surface area contributed by atoms with Crippen molar-refractivity contribution in [1.82, 2.24) is 9.62 Å². The van der Waals surface area contributed by atoms with Gasteiger partial charge in [-0.2, -0.15) is 4.31 Å². The summed E-state index contributed by atoms with van der Waals surface area (Å²) in [6.07, 6.45) is 1.53. The number of carbonyl (C=O) groups is 1. The Bertz CT molecular complexity index is 357. The van der Waals surface area contributed by atoms with Crippen molar-refractivity contribution in [1.29, 1.82) is 0 Å². The summed E-state index contributed by atoms with van der Waals surface area (Å²) >= 11 is 0. The quantitative estimate of drug-likeness (QED) is 0.765. The molecule has 1 rings (SSSR count). The van der Waals surface area contributed by atoms with E-state index in [4.69, 9.17) is 0 Å². The third-order valence-corrected chi connectivity index (χ3v) is 4.19. The van der Waals surface area contributed by atoms with E-state index in [9.17, 15) is 13.2 Å². The average Bonchev–Trinajstić information content (AvgIpc) is 2.05. The maximum atomic E-state index is 11.6. The Morgan fingerprint density at radius 3 is 2.44 bits per heavy atom. The Kier molecular flexibility index (Phi) is 3.96. The lowest BCUT2D eigenvalue weighted by Crippen LogP contribution is -2.49. The molecule has 0 aromatic heterocycles. The summed E-state index contributed by atoms with van der Waals surface area (Å²) in [5.41, 5.74) is -0.323. The van der Waals surface area contributed by atoms with E-state index >= 15 is 0 Å². The maximum absolute atomic E-state index is 11.6. The van der Waals surface area contributed by atoms with Gasteiger partial charge in [0.05, 0.1) is 12.3 Å². The lowest BCUT2D eigenvalue weighted by Gasteiger charge is -2.27. The summed E-state index contributed by atoms with van der Waals surface area (Å²) in [4.78, 5) is 11.6. The molecule has 1 aliphatic heterocycles. The maximum Gasteiger partial charge on any atom is 0.235 e. The molecule has 0 unspecified atom stereocenters. The van der Waals surface area contributed by atoms with E-state index in [1.165, 1.54) is 4.31 Å². The van der Waals surface area contributed by atoms with Crippen LogP contribution in [-0.2, 0) is 14.8 Å². The zero-order valence-corrected chi connectivity index (χ0v) is 10.9. The molecule has 0 radical (unpaired) electrons. The second kappa shape index (κ2) is 4.71. The van der Waals surface area contributed by atoms with Crippen molar-refractivity contribution in [2.75, 3.05) is 18.8 Å². The minimum atomic E-state index is -3.20. The van der Waals surface area contributed by atoms with Gasteiger partial charge in [0.1, 0.15) is 0 Å². The molecule has 0 atom stereocenters. The van der Waals surface area contributed by atoms with Gasteiger partial charge in [-0.1, -0.05) is 0 Å². The van der Waals surface area contributed by atoms with E-state index in [1.54, 1.807) is 0 Å². The average molecular weight is 248 g/mol. The number of amides is 1.